The lowest BCUT2D eigenvalue weighted by molar-refractivity contribution is 0.0668. The van der Waals surface area contributed by atoms with E-state index in [1.807, 2.05) is 12.1 Å². The quantitative estimate of drug-likeness (QED) is 0.840. The number of hydrogen-bond donors (Lipinski definition) is 1. The summed E-state index contributed by atoms with van der Waals surface area (Å²) in [5, 5.41) is 9.63. The van der Waals surface area contributed by atoms with Crippen molar-refractivity contribution < 1.29 is 14.6 Å². The Kier molecular flexibility index (Phi) is 2.91. The predicted molar refractivity (Wildman–Crippen MR) is 63.1 cm³/mol. The van der Waals surface area contributed by atoms with Crippen LogP contribution in [0, 0.1) is 0 Å². The van der Waals surface area contributed by atoms with Crippen LogP contribution in [0.1, 0.15) is 18.4 Å². The highest BCUT2D eigenvalue weighted by molar-refractivity contribution is 5.44. The third-order valence-electron chi connectivity index (χ3n) is 3.32. The van der Waals surface area contributed by atoms with Crippen LogP contribution < -0.4 is 9.47 Å². The van der Waals surface area contributed by atoms with Gasteiger partial charge in [-0.15, -0.1) is 0 Å². The second-order valence-electron chi connectivity index (χ2n) is 4.72. The number of nitrogens with zero attached hydrogens (tertiary/aromatic N) is 1. The monoisotopic (exact) mass is 235 g/mol. The molecule has 1 aromatic rings. The van der Waals surface area contributed by atoms with Crippen LogP contribution in [0.25, 0.3) is 0 Å². The first-order valence-electron chi connectivity index (χ1n) is 6.10. The molecule has 0 spiro atoms. The number of piperidine rings is 1. The fraction of sp³-hybridized carbons (Fsp3) is 0.538. The van der Waals surface area contributed by atoms with Gasteiger partial charge >= 0.3 is 0 Å². The number of aliphatic hydroxyl groups excluding tert-OH is 1. The maximum Gasteiger partial charge on any atom is 0.231 e. The van der Waals surface area contributed by atoms with E-state index in [-0.39, 0.29) is 6.10 Å². The molecule has 0 amide bonds. The summed E-state index contributed by atoms with van der Waals surface area (Å²) >= 11 is 0. The number of aliphatic hydroxyl groups is 1. The molecular weight excluding hydrogens is 218 g/mol. The van der Waals surface area contributed by atoms with E-state index in [0.29, 0.717) is 6.79 Å². The molecule has 0 aliphatic carbocycles. The average Bonchev–Trinajstić information content (AvgIpc) is 2.76. The largest absolute Gasteiger partial charge is 0.454 e. The Labute approximate surface area is 101 Å². The first-order valence-corrected chi connectivity index (χ1v) is 6.10. The number of ether oxygens (including phenoxy) is 2. The number of β-amino-alcohol motifs (C(OH)–C–C–N with tert-alkyl or cyclic N) is 1. The zero-order chi connectivity index (χ0) is 11.7. The molecular formula is C13H17NO3. The van der Waals surface area contributed by atoms with Crippen LogP contribution in [0.4, 0.5) is 0 Å². The first kappa shape index (κ1) is 10.9. The zero-order valence-electron chi connectivity index (χ0n) is 9.76. The Bertz CT molecular complexity index is 408. The summed E-state index contributed by atoms with van der Waals surface area (Å²) in [4.78, 5) is 2.28. The molecule has 92 valence electrons. The molecule has 4 heteroatoms. The van der Waals surface area contributed by atoms with E-state index in [1.165, 1.54) is 5.56 Å². The Balaban J connectivity index is 1.68. The van der Waals surface area contributed by atoms with Gasteiger partial charge in [0.15, 0.2) is 11.5 Å². The number of fused-ring (bicyclic) bond motifs is 1. The van der Waals surface area contributed by atoms with Gasteiger partial charge in [-0.1, -0.05) is 6.07 Å². The molecule has 3 rings (SSSR count). The SMILES string of the molecule is O[C@@H]1CCCN(Cc2ccc3c(c2)OCO3)C1. The minimum atomic E-state index is -0.169. The Morgan fingerprint density at radius 2 is 2.18 bits per heavy atom. The minimum Gasteiger partial charge on any atom is -0.454 e. The van der Waals surface area contributed by atoms with Crippen LogP contribution in [-0.4, -0.2) is 36.0 Å². The lowest BCUT2D eigenvalue weighted by atomic mass is 10.1. The Morgan fingerprint density at radius 3 is 3.06 bits per heavy atom. The van der Waals surface area contributed by atoms with Crippen molar-refractivity contribution in [3.63, 3.8) is 0 Å². The van der Waals surface area contributed by atoms with Gasteiger partial charge in [-0.25, -0.2) is 0 Å². The molecule has 0 radical (unpaired) electrons. The molecule has 1 saturated heterocycles. The maximum absolute atomic E-state index is 9.63. The highest BCUT2D eigenvalue weighted by atomic mass is 16.7. The second kappa shape index (κ2) is 4.55. The zero-order valence-corrected chi connectivity index (χ0v) is 9.76. The van der Waals surface area contributed by atoms with Gasteiger partial charge < -0.3 is 14.6 Å². The molecule has 0 bridgehead atoms. The molecule has 1 N–H and O–H groups in total. The lowest BCUT2D eigenvalue weighted by Crippen LogP contribution is -2.37. The van der Waals surface area contributed by atoms with E-state index < -0.39 is 0 Å². The van der Waals surface area contributed by atoms with Crippen LogP contribution in [0.2, 0.25) is 0 Å². The summed E-state index contributed by atoms with van der Waals surface area (Å²) in [5.41, 5.74) is 1.21. The first-order chi connectivity index (χ1) is 8.31. The van der Waals surface area contributed by atoms with E-state index >= 15 is 0 Å². The summed E-state index contributed by atoms with van der Waals surface area (Å²) in [6.45, 7) is 3.02. The average molecular weight is 235 g/mol. The predicted octanol–water partition coefficient (Wildman–Crippen LogP) is 1.37. The molecule has 0 aromatic heterocycles. The topological polar surface area (TPSA) is 41.9 Å². The van der Waals surface area contributed by atoms with Gasteiger partial charge in [0.05, 0.1) is 6.10 Å². The highest BCUT2D eigenvalue weighted by Crippen LogP contribution is 2.32. The van der Waals surface area contributed by atoms with E-state index in [1.54, 1.807) is 0 Å². The van der Waals surface area contributed by atoms with Crippen LogP contribution in [0.15, 0.2) is 18.2 Å². The fourth-order valence-electron chi connectivity index (χ4n) is 2.47. The van der Waals surface area contributed by atoms with Crippen molar-refractivity contribution in [2.24, 2.45) is 0 Å². The van der Waals surface area contributed by atoms with Crippen molar-refractivity contribution in [3.8, 4) is 11.5 Å². The number of benzene rings is 1. The van der Waals surface area contributed by atoms with Crippen LogP contribution >= 0.6 is 0 Å². The van der Waals surface area contributed by atoms with Crippen LogP contribution in [0.5, 0.6) is 11.5 Å². The normalized spacial score (nSPS) is 23.9. The van der Waals surface area contributed by atoms with Crippen molar-refractivity contribution in [1.82, 2.24) is 4.90 Å². The van der Waals surface area contributed by atoms with Crippen molar-refractivity contribution in [1.29, 1.82) is 0 Å². The van der Waals surface area contributed by atoms with Gasteiger partial charge in [-0.3, -0.25) is 4.90 Å². The van der Waals surface area contributed by atoms with Gasteiger partial charge in [-0.2, -0.15) is 0 Å². The molecule has 4 nitrogen and oxygen atoms in total. The van der Waals surface area contributed by atoms with Gasteiger partial charge in [0.1, 0.15) is 0 Å². The summed E-state index contributed by atoms with van der Waals surface area (Å²) in [7, 11) is 0. The summed E-state index contributed by atoms with van der Waals surface area (Å²) in [5.74, 6) is 1.66. The van der Waals surface area contributed by atoms with Gasteiger partial charge in [0.25, 0.3) is 0 Å². The van der Waals surface area contributed by atoms with Crippen LogP contribution in [-0.2, 0) is 6.54 Å². The van der Waals surface area contributed by atoms with Crippen LogP contribution in [0.3, 0.4) is 0 Å². The van der Waals surface area contributed by atoms with E-state index in [9.17, 15) is 5.11 Å². The van der Waals surface area contributed by atoms with Gasteiger partial charge in [0, 0.05) is 13.1 Å². The molecule has 1 atom stereocenters. The van der Waals surface area contributed by atoms with E-state index in [0.717, 1.165) is 44.0 Å². The smallest absolute Gasteiger partial charge is 0.231 e. The third kappa shape index (κ3) is 2.37. The summed E-state index contributed by atoms with van der Waals surface area (Å²) in [6.07, 6.45) is 1.83. The van der Waals surface area contributed by atoms with Gasteiger partial charge in [-0.05, 0) is 37.1 Å². The maximum atomic E-state index is 9.63. The summed E-state index contributed by atoms with van der Waals surface area (Å²) < 4.78 is 10.6. The lowest BCUT2D eigenvalue weighted by Gasteiger charge is -2.29. The van der Waals surface area contributed by atoms with E-state index in [4.69, 9.17) is 9.47 Å². The minimum absolute atomic E-state index is 0.169. The second-order valence-corrected chi connectivity index (χ2v) is 4.72. The molecule has 2 aliphatic rings. The summed E-state index contributed by atoms with van der Waals surface area (Å²) in [6, 6.07) is 6.05. The van der Waals surface area contributed by atoms with Crippen molar-refractivity contribution in [2.45, 2.75) is 25.5 Å². The number of rotatable bonds is 2. The number of likely N-dealkylation sites (tertiary alicyclic amines) is 1. The molecule has 2 aliphatic heterocycles. The van der Waals surface area contributed by atoms with Crippen molar-refractivity contribution in [3.05, 3.63) is 23.8 Å². The molecule has 2 heterocycles. The third-order valence-corrected chi connectivity index (χ3v) is 3.32. The fourth-order valence-corrected chi connectivity index (χ4v) is 2.47. The number of hydrogen-bond acceptors (Lipinski definition) is 4. The molecule has 0 unspecified atom stereocenters. The van der Waals surface area contributed by atoms with Gasteiger partial charge in [0.2, 0.25) is 6.79 Å². The Morgan fingerprint density at radius 1 is 1.29 bits per heavy atom. The molecule has 0 saturated carbocycles. The van der Waals surface area contributed by atoms with Crippen molar-refractivity contribution in [2.75, 3.05) is 19.9 Å². The Hall–Kier alpha value is -1.26. The molecule has 1 aromatic carbocycles. The molecule has 1 fully saturated rings. The highest BCUT2D eigenvalue weighted by Gasteiger charge is 2.19. The molecule has 17 heavy (non-hydrogen) atoms. The standard InChI is InChI=1S/C13H17NO3/c15-11-2-1-5-14(8-11)7-10-3-4-12-13(6-10)17-9-16-12/h3-4,6,11,15H,1-2,5,7-9H2/t11-/m1/s1. The van der Waals surface area contributed by atoms with Crippen molar-refractivity contribution >= 4 is 0 Å². The van der Waals surface area contributed by atoms with E-state index in [2.05, 4.69) is 11.0 Å².